The maximum absolute atomic E-state index is 12.2. The summed E-state index contributed by atoms with van der Waals surface area (Å²) in [4.78, 5) is 13.7. The van der Waals surface area contributed by atoms with Gasteiger partial charge < -0.3 is 9.64 Å². The monoisotopic (exact) mass is 375 g/mol. The number of benzene rings is 2. The largest absolute Gasteiger partial charge is 0.445 e. The summed E-state index contributed by atoms with van der Waals surface area (Å²) in [5, 5.41) is 0. The minimum absolute atomic E-state index is 0.0728. The second kappa shape index (κ2) is 7.88. The molecule has 1 heterocycles. The predicted molar refractivity (Wildman–Crippen MR) is 96.1 cm³/mol. The number of likely N-dealkylation sites (tertiary alicyclic amines) is 1. The van der Waals surface area contributed by atoms with Gasteiger partial charge in [-0.1, -0.05) is 48.0 Å². The average Bonchev–Trinajstić information content (AvgIpc) is 2.60. The number of hydrogen-bond acceptors (Lipinski definition) is 5. The molecule has 1 fully saturated rings. The van der Waals surface area contributed by atoms with E-state index < -0.39 is 16.2 Å². The topological polar surface area (TPSA) is 72.9 Å². The Morgan fingerprint density at radius 3 is 2.42 bits per heavy atom. The summed E-state index contributed by atoms with van der Waals surface area (Å²) in [6.07, 6.45) is 0.227. The van der Waals surface area contributed by atoms with Gasteiger partial charge in [0.15, 0.2) is 0 Å². The molecule has 1 amide bonds. The van der Waals surface area contributed by atoms with Crippen LogP contribution >= 0.6 is 0 Å². The van der Waals surface area contributed by atoms with Crippen molar-refractivity contribution in [2.75, 3.05) is 13.2 Å². The summed E-state index contributed by atoms with van der Waals surface area (Å²) in [6.45, 7) is 2.53. The molecule has 2 aromatic rings. The summed E-state index contributed by atoms with van der Waals surface area (Å²) in [5.41, 5.74) is 1.87. The molecule has 1 atom stereocenters. The number of carbonyl (C=O) groups is 1. The minimum Gasteiger partial charge on any atom is -0.445 e. The molecule has 0 saturated carbocycles. The quantitative estimate of drug-likeness (QED) is 0.726. The SMILES string of the molecule is Cc1ccc(S(=O)(=O)OC[C@@H]2CCN2C(=O)OCc2ccccc2)cc1. The van der Waals surface area contributed by atoms with Gasteiger partial charge in [0.05, 0.1) is 17.5 Å². The van der Waals surface area contributed by atoms with E-state index in [2.05, 4.69) is 0 Å². The van der Waals surface area contributed by atoms with E-state index in [0.29, 0.717) is 13.0 Å². The van der Waals surface area contributed by atoms with Crippen LogP contribution in [0.4, 0.5) is 4.79 Å². The first-order valence-corrected chi connectivity index (χ1v) is 9.80. The van der Waals surface area contributed by atoms with Crippen LogP contribution in [0.25, 0.3) is 0 Å². The maximum atomic E-state index is 12.2. The van der Waals surface area contributed by atoms with Crippen LogP contribution in [0.15, 0.2) is 59.5 Å². The van der Waals surface area contributed by atoms with Crippen molar-refractivity contribution in [3.8, 4) is 0 Å². The van der Waals surface area contributed by atoms with Crippen LogP contribution in [0.2, 0.25) is 0 Å². The highest BCUT2D eigenvalue weighted by Gasteiger charge is 2.35. The molecule has 0 N–H and O–H groups in total. The first-order valence-electron chi connectivity index (χ1n) is 8.39. The lowest BCUT2D eigenvalue weighted by molar-refractivity contribution is 0.0269. The Morgan fingerprint density at radius 2 is 1.81 bits per heavy atom. The number of amides is 1. The Morgan fingerprint density at radius 1 is 1.12 bits per heavy atom. The third-order valence-corrected chi connectivity index (χ3v) is 5.60. The zero-order chi connectivity index (χ0) is 18.6. The fourth-order valence-electron chi connectivity index (χ4n) is 2.60. The van der Waals surface area contributed by atoms with E-state index in [-0.39, 0.29) is 24.2 Å². The summed E-state index contributed by atoms with van der Waals surface area (Å²) in [7, 11) is -3.83. The average molecular weight is 375 g/mol. The zero-order valence-electron chi connectivity index (χ0n) is 14.5. The third-order valence-electron chi connectivity index (χ3n) is 4.31. The molecule has 1 aliphatic rings. The summed E-state index contributed by atoms with van der Waals surface area (Å²) < 4.78 is 34.8. The number of aryl methyl sites for hydroxylation is 1. The van der Waals surface area contributed by atoms with E-state index in [1.165, 1.54) is 17.0 Å². The van der Waals surface area contributed by atoms with Crippen LogP contribution < -0.4 is 0 Å². The van der Waals surface area contributed by atoms with Gasteiger partial charge in [-0.15, -0.1) is 0 Å². The molecule has 0 bridgehead atoms. The highest BCUT2D eigenvalue weighted by Crippen LogP contribution is 2.22. The number of nitrogens with zero attached hydrogens (tertiary/aromatic N) is 1. The van der Waals surface area contributed by atoms with Crippen LogP contribution in [0.1, 0.15) is 17.5 Å². The van der Waals surface area contributed by atoms with Gasteiger partial charge in [-0.05, 0) is 31.0 Å². The smallest absolute Gasteiger partial charge is 0.410 e. The minimum atomic E-state index is -3.83. The summed E-state index contributed by atoms with van der Waals surface area (Å²) in [5.74, 6) is 0. The second-order valence-electron chi connectivity index (χ2n) is 6.23. The van der Waals surface area contributed by atoms with Crippen LogP contribution in [-0.4, -0.2) is 38.6 Å². The fraction of sp³-hybridized carbons (Fsp3) is 0.316. The van der Waals surface area contributed by atoms with Crippen molar-refractivity contribution in [2.45, 2.75) is 30.9 Å². The molecule has 0 aliphatic carbocycles. The van der Waals surface area contributed by atoms with E-state index in [1.54, 1.807) is 12.1 Å². The maximum Gasteiger partial charge on any atom is 0.410 e. The van der Waals surface area contributed by atoms with Gasteiger partial charge >= 0.3 is 6.09 Å². The van der Waals surface area contributed by atoms with Gasteiger partial charge in [0.1, 0.15) is 6.61 Å². The first kappa shape index (κ1) is 18.4. The van der Waals surface area contributed by atoms with Crippen LogP contribution in [0.3, 0.4) is 0 Å². The highest BCUT2D eigenvalue weighted by atomic mass is 32.2. The van der Waals surface area contributed by atoms with Crippen molar-refractivity contribution in [1.29, 1.82) is 0 Å². The Balaban J connectivity index is 1.51. The number of hydrogen-bond donors (Lipinski definition) is 0. The molecule has 1 aliphatic heterocycles. The van der Waals surface area contributed by atoms with Crippen molar-refractivity contribution in [3.05, 3.63) is 65.7 Å². The molecular weight excluding hydrogens is 354 g/mol. The molecule has 138 valence electrons. The Kier molecular flexibility index (Phi) is 5.58. The standard InChI is InChI=1S/C19H21NO5S/c1-15-7-9-18(10-8-15)26(22,23)25-14-17-11-12-20(17)19(21)24-13-16-5-3-2-4-6-16/h2-10,17H,11-14H2,1H3/t17-/m0/s1. The van der Waals surface area contributed by atoms with Gasteiger partial charge in [-0.25, -0.2) is 4.79 Å². The van der Waals surface area contributed by atoms with Gasteiger partial charge in [0, 0.05) is 6.54 Å². The molecule has 3 rings (SSSR count). The Bertz CT molecular complexity index is 849. The van der Waals surface area contributed by atoms with E-state index in [0.717, 1.165) is 11.1 Å². The Hall–Kier alpha value is -2.38. The zero-order valence-corrected chi connectivity index (χ0v) is 15.3. The first-order chi connectivity index (χ1) is 12.5. The molecule has 0 aromatic heterocycles. The van der Waals surface area contributed by atoms with Crippen LogP contribution in [0.5, 0.6) is 0 Å². The van der Waals surface area contributed by atoms with Gasteiger partial charge in [0.25, 0.3) is 10.1 Å². The van der Waals surface area contributed by atoms with Gasteiger partial charge in [-0.3, -0.25) is 4.18 Å². The number of ether oxygens (including phenoxy) is 1. The van der Waals surface area contributed by atoms with Crippen molar-refractivity contribution in [3.63, 3.8) is 0 Å². The van der Waals surface area contributed by atoms with E-state index in [1.807, 2.05) is 37.3 Å². The molecule has 6 nitrogen and oxygen atoms in total. The van der Waals surface area contributed by atoms with Crippen LogP contribution in [0, 0.1) is 6.92 Å². The van der Waals surface area contributed by atoms with E-state index in [9.17, 15) is 13.2 Å². The fourth-order valence-corrected chi connectivity index (χ4v) is 3.54. The molecular formula is C19H21NO5S. The molecule has 0 unspecified atom stereocenters. The number of carbonyl (C=O) groups excluding carboxylic acids is 1. The van der Waals surface area contributed by atoms with E-state index >= 15 is 0 Å². The lowest BCUT2D eigenvalue weighted by Gasteiger charge is -2.39. The molecule has 7 heteroatoms. The molecule has 2 aromatic carbocycles. The highest BCUT2D eigenvalue weighted by molar-refractivity contribution is 7.86. The predicted octanol–water partition coefficient (Wildman–Crippen LogP) is 3.11. The lowest BCUT2D eigenvalue weighted by atomic mass is 10.1. The Labute approximate surface area is 153 Å². The van der Waals surface area contributed by atoms with Crippen LogP contribution in [-0.2, 0) is 25.6 Å². The van der Waals surface area contributed by atoms with Gasteiger partial charge in [-0.2, -0.15) is 8.42 Å². The molecule has 0 spiro atoms. The summed E-state index contributed by atoms with van der Waals surface area (Å²) in [6, 6.07) is 15.5. The third kappa shape index (κ3) is 4.42. The molecule has 1 saturated heterocycles. The van der Waals surface area contributed by atoms with Crippen molar-refractivity contribution in [2.24, 2.45) is 0 Å². The van der Waals surface area contributed by atoms with Gasteiger partial charge in [0.2, 0.25) is 0 Å². The van der Waals surface area contributed by atoms with Crippen molar-refractivity contribution >= 4 is 16.2 Å². The van der Waals surface area contributed by atoms with Crippen molar-refractivity contribution < 1.29 is 22.1 Å². The normalized spacial score (nSPS) is 16.8. The lowest BCUT2D eigenvalue weighted by Crippen LogP contribution is -2.53. The number of rotatable bonds is 6. The molecule has 0 radical (unpaired) electrons. The molecule has 26 heavy (non-hydrogen) atoms. The summed E-state index contributed by atoms with van der Waals surface area (Å²) >= 11 is 0. The van der Waals surface area contributed by atoms with E-state index in [4.69, 9.17) is 8.92 Å². The van der Waals surface area contributed by atoms with Crippen molar-refractivity contribution in [1.82, 2.24) is 4.90 Å². The second-order valence-corrected chi connectivity index (χ2v) is 7.84.